The van der Waals surface area contributed by atoms with Crippen LogP contribution in [0.15, 0.2) is 18.2 Å². The molecule has 0 atom stereocenters. The zero-order valence-corrected chi connectivity index (χ0v) is 14.7. The van der Waals surface area contributed by atoms with Crippen LogP contribution in [0, 0.1) is 3.57 Å². The van der Waals surface area contributed by atoms with Gasteiger partial charge in [-0.3, -0.25) is 0 Å². The van der Waals surface area contributed by atoms with Gasteiger partial charge in [-0.05, 0) is 47.2 Å². The molecule has 0 aliphatic heterocycles. The van der Waals surface area contributed by atoms with Crippen molar-refractivity contribution in [1.29, 1.82) is 0 Å². The van der Waals surface area contributed by atoms with Crippen LogP contribution in [-0.4, -0.2) is 28.6 Å². The SMILES string of the molecule is CCCCOCCn1c(CCCl)nc2cc(I)ccc21. The molecular formula is C15H20ClIN2O. The molecule has 110 valence electrons. The maximum atomic E-state index is 5.88. The zero-order valence-electron chi connectivity index (χ0n) is 11.7. The van der Waals surface area contributed by atoms with Gasteiger partial charge in [-0.2, -0.15) is 0 Å². The number of imidazole rings is 1. The highest BCUT2D eigenvalue weighted by atomic mass is 127. The lowest BCUT2D eigenvalue weighted by Gasteiger charge is -2.09. The minimum absolute atomic E-state index is 0.594. The Morgan fingerprint density at radius 1 is 1.35 bits per heavy atom. The summed E-state index contributed by atoms with van der Waals surface area (Å²) in [6.45, 7) is 4.58. The van der Waals surface area contributed by atoms with Crippen molar-refractivity contribution in [2.24, 2.45) is 0 Å². The van der Waals surface area contributed by atoms with E-state index < -0.39 is 0 Å². The molecule has 0 saturated carbocycles. The van der Waals surface area contributed by atoms with Crippen LogP contribution in [0.4, 0.5) is 0 Å². The first kappa shape index (κ1) is 16.0. The van der Waals surface area contributed by atoms with E-state index in [9.17, 15) is 0 Å². The highest BCUT2D eigenvalue weighted by molar-refractivity contribution is 14.1. The number of alkyl halides is 1. The van der Waals surface area contributed by atoms with Crippen molar-refractivity contribution < 1.29 is 4.74 Å². The molecule has 0 fully saturated rings. The van der Waals surface area contributed by atoms with Crippen molar-refractivity contribution in [3.63, 3.8) is 0 Å². The fraction of sp³-hybridized carbons (Fsp3) is 0.533. The molecule has 3 nitrogen and oxygen atoms in total. The maximum absolute atomic E-state index is 5.88. The van der Waals surface area contributed by atoms with E-state index in [4.69, 9.17) is 21.3 Å². The summed E-state index contributed by atoms with van der Waals surface area (Å²) in [5, 5.41) is 0. The number of aryl methyl sites for hydroxylation is 1. The summed E-state index contributed by atoms with van der Waals surface area (Å²) in [6, 6.07) is 6.36. The third-order valence-corrected chi connectivity index (χ3v) is 4.07. The third kappa shape index (κ3) is 4.09. The Kier molecular flexibility index (Phi) is 6.58. The van der Waals surface area contributed by atoms with Crippen LogP contribution in [0.5, 0.6) is 0 Å². The van der Waals surface area contributed by atoms with Gasteiger partial charge in [0.25, 0.3) is 0 Å². The molecule has 1 aromatic heterocycles. The summed E-state index contributed by atoms with van der Waals surface area (Å²) in [5.41, 5.74) is 2.22. The molecule has 0 amide bonds. The van der Waals surface area contributed by atoms with E-state index in [1.165, 1.54) is 15.5 Å². The predicted molar refractivity (Wildman–Crippen MR) is 92.6 cm³/mol. The number of hydrogen-bond donors (Lipinski definition) is 0. The Morgan fingerprint density at radius 3 is 2.95 bits per heavy atom. The van der Waals surface area contributed by atoms with Crippen LogP contribution in [0.2, 0.25) is 0 Å². The van der Waals surface area contributed by atoms with Crippen molar-refractivity contribution in [3.8, 4) is 0 Å². The lowest BCUT2D eigenvalue weighted by Crippen LogP contribution is -2.10. The average Bonchev–Trinajstić information content (AvgIpc) is 2.76. The van der Waals surface area contributed by atoms with Crippen LogP contribution in [0.1, 0.15) is 25.6 Å². The minimum Gasteiger partial charge on any atom is -0.380 e. The number of ether oxygens (including phenoxy) is 1. The molecule has 2 aromatic rings. The van der Waals surface area contributed by atoms with Gasteiger partial charge in [-0.25, -0.2) is 4.98 Å². The summed E-state index contributed by atoms with van der Waals surface area (Å²) >= 11 is 8.20. The fourth-order valence-corrected chi connectivity index (χ4v) is 2.83. The lowest BCUT2D eigenvalue weighted by atomic mass is 10.3. The second kappa shape index (κ2) is 8.20. The van der Waals surface area contributed by atoms with Gasteiger partial charge in [0.1, 0.15) is 5.82 Å². The molecule has 0 aliphatic rings. The Morgan fingerprint density at radius 2 is 2.20 bits per heavy atom. The summed E-state index contributed by atoms with van der Waals surface area (Å²) in [5.74, 6) is 1.65. The number of aromatic nitrogens is 2. The van der Waals surface area contributed by atoms with Crippen LogP contribution in [0.25, 0.3) is 11.0 Å². The van der Waals surface area contributed by atoms with Crippen molar-refractivity contribution in [1.82, 2.24) is 9.55 Å². The summed E-state index contributed by atoms with van der Waals surface area (Å²) in [4.78, 5) is 4.70. The van der Waals surface area contributed by atoms with E-state index in [1.807, 2.05) is 0 Å². The van der Waals surface area contributed by atoms with E-state index >= 15 is 0 Å². The molecule has 0 bridgehead atoms. The van der Waals surface area contributed by atoms with Crippen LogP contribution >= 0.6 is 34.2 Å². The second-order valence-electron chi connectivity index (χ2n) is 4.72. The van der Waals surface area contributed by atoms with E-state index in [0.29, 0.717) is 5.88 Å². The van der Waals surface area contributed by atoms with Gasteiger partial charge in [0, 0.05) is 29.0 Å². The maximum Gasteiger partial charge on any atom is 0.111 e. The molecule has 1 heterocycles. The Hall–Kier alpha value is -0.330. The fourth-order valence-electron chi connectivity index (χ4n) is 2.18. The number of halogens is 2. The van der Waals surface area contributed by atoms with Gasteiger partial charge in [-0.1, -0.05) is 13.3 Å². The van der Waals surface area contributed by atoms with Gasteiger partial charge in [-0.15, -0.1) is 11.6 Å². The normalized spacial score (nSPS) is 11.3. The quantitative estimate of drug-likeness (QED) is 0.372. The minimum atomic E-state index is 0.594. The van der Waals surface area contributed by atoms with E-state index in [1.54, 1.807) is 0 Å². The van der Waals surface area contributed by atoms with Crippen molar-refractivity contribution in [2.45, 2.75) is 32.7 Å². The molecule has 0 aliphatic carbocycles. The molecule has 1 aromatic carbocycles. The number of rotatable bonds is 8. The van der Waals surface area contributed by atoms with Crippen molar-refractivity contribution in [3.05, 3.63) is 27.6 Å². The Balaban J connectivity index is 2.13. The molecule has 2 rings (SSSR count). The number of hydrogen-bond acceptors (Lipinski definition) is 2. The molecule has 0 saturated heterocycles. The monoisotopic (exact) mass is 406 g/mol. The first-order valence-electron chi connectivity index (χ1n) is 7.04. The largest absolute Gasteiger partial charge is 0.380 e. The molecule has 0 N–H and O–H groups in total. The molecule has 0 spiro atoms. The van der Waals surface area contributed by atoms with Gasteiger partial charge in [0.05, 0.1) is 17.6 Å². The van der Waals surface area contributed by atoms with Gasteiger partial charge < -0.3 is 9.30 Å². The summed E-state index contributed by atoms with van der Waals surface area (Å²) in [7, 11) is 0. The molecule has 0 radical (unpaired) electrons. The Bertz CT molecular complexity index is 556. The van der Waals surface area contributed by atoms with E-state index in [-0.39, 0.29) is 0 Å². The zero-order chi connectivity index (χ0) is 14.4. The molecular weight excluding hydrogens is 387 g/mol. The number of nitrogens with zero attached hydrogens (tertiary/aromatic N) is 2. The molecule has 0 unspecified atom stereocenters. The summed E-state index contributed by atoms with van der Waals surface area (Å²) in [6.07, 6.45) is 3.09. The lowest BCUT2D eigenvalue weighted by molar-refractivity contribution is 0.123. The van der Waals surface area contributed by atoms with Crippen molar-refractivity contribution in [2.75, 3.05) is 19.1 Å². The van der Waals surface area contributed by atoms with Gasteiger partial charge in [0.2, 0.25) is 0 Å². The predicted octanol–water partition coefficient (Wildman–Crippen LogP) is 4.24. The second-order valence-corrected chi connectivity index (χ2v) is 6.34. The van der Waals surface area contributed by atoms with Crippen LogP contribution < -0.4 is 0 Å². The average molecular weight is 407 g/mol. The first-order valence-corrected chi connectivity index (χ1v) is 8.66. The smallest absolute Gasteiger partial charge is 0.111 e. The third-order valence-electron chi connectivity index (χ3n) is 3.21. The molecule has 20 heavy (non-hydrogen) atoms. The van der Waals surface area contributed by atoms with E-state index in [2.05, 4.69) is 52.3 Å². The standard InChI is InChI=1S/C15H20ClIN2O/c1-2-3-9-20-10-8-19-14-5-4-12(17)11-13(14)18-15(19)6-7-16/h4-5,11H,2-3,6-10H2,1H3. The number of benzene rings is 1. The topological polar surface area (TPSA) is 27.1 Å². The molecule has 5 heteroatoms. The number of unbranched alkanes of at least 4 members (excludes halogenated alkanes) is 1. The van der Waals surface area contributed by atoms with Crippen LogP contribution in [-0.2, 0) is 17.7 Å². The van der Waals surface area contributed by atoms with Gasteiger partial charge in [0.15, 0.2) is 0 Å². The highest BCUT2D eigenvalue weighted by Crippen LogP contribution is 2.19. The van der Waals surface area contributed by atoms with E-state index in [0.717, 1.165) is 43.9 Å². The highest BCUT2D eigenvalue weighted by Gasteiger charge is 2.10. The first-order chi connectivity index (χ1) is 9.76. The Labute approximate surface area is 138 Å². The summed E-state index contributed by atoms with van der Waals surface area (Å²) < 4.78 is 9.11. The van der Waals surface area contributed by atoms with Crippen LogP contribution in [0.3, 0.4) is 0 Å². The van der Waals surface area contributed by atoms with Crippen molar-refractivity contribution >= 4 is 45.2 Å². The number of fused-ring (bicyclic) bond motifs is 1. The van der Waals surface area contributed by atoms with Gasteiger partial charge >= 0.3 is 0 Å².